The van der Waals surface area contributed by atoms with Gasteiger partial charge < -0.3 is 14.9 Å². The van der Waals surface area contributed by atoms with Crippen LogP contribution in [0.4, 0.5) is 0 Å². The number of aromatic hydroxyl groups is 1. The first-order chi connectivity index (χ1) is 8.90. The van der Waals surface area contributed by atoms with E-state index in [2.05, 4.69) is 0 Å². The number of nitrogens with zero attached hydrogens (tertiary/aromatic N) is 1. The van der Waals surface area contributed by atoms with E-state index >= 15 is 0 Å². The topological polar surface area (TPSA) is 70.0 Å². The van der Waals surface area contributed by atoms with Crippen molar-refractivity contribution >= 4 is 17.6 Å². The van der Waals surface area contributed by atoms with Crippen LogP contribution in [0.15, 0.2) is 12.1 Å². The number of hydrogen-bond donors (Lipinski definition) is 2. The Morgan fingerprint density at radius 3 is 2.63 bits per heavy atom. The number of aliphatic carboxylic acids is 1. The van der Waals surface area contributed by atoms with E-state index in [9.17, 15) is 9.90 Å². The quantitative estimate of drug-likeness (QED) is 0.840. The van der Waals surface area contributed by atoms with Crippen LogP contribution in [-0.2, 0) is 11.3 Å². The number of halogens is 1. The lowest BCUT2D eigenvalue weighted by molar-refractivity contribution is -0.143. The molecule has 6 heteroatoms. The molecule has 0 saturated heterocycles. The minimum Gasteiger partial charge on any atom is -0.504 e. The Bertz CT molecular complexity index is 464. The highest BCUT2D eigenvalue weighted by Gasteiger charge is 2.22. The molecule has 2 N–H and O–H groups in total. The molecule has 0 fully saturated rings. The molecule has 0 aliphatic carbocycles. The van der Waals surface area contributed by atoms with Gasteiger partial charge in [0.2, 0.25) is 0 Å². The van der Waals surface area contributed by atoms with Crippen molar-refractivity contribution in [3.8, 4) is 11.5 Å². The molecule has 1 aromatic rings. The maximum absolute atomic E-state index is 11.1. The molecule has 5 nitrogen and oxygen atoms in total. The van der Waals surface area contributed by atoms with E-state index in [1.165, 1.54) is 13.2 Å². The van der Waals surface area contributed by atoms with Crippen LogP contribution in [0, 0.1) is 0 Å². The zero-order chi connectivity index (χ0) is 14.6. The summed E-state index contributed by atoms with van der Waals surface area (Å²) in [5, 5.41) is 19.5. The maximum atomic E-state index is 11.1. The van der Waals surface area contributed by atoms with Gasteiger partial charge in [0.05, 0.1) is 7.11 Å². The average Bonchev–Trinajstić information content (AvgIpc) is 2.33. The minimum absolute atomic E-state index is 0.0148. The predicted octanol–water partition coefficient (Wildman–Crippen LogP) is 2.35. The van der Waals surface area contributed by atoms with Gasteiger partial charge in [0, 0.05) is 23.2 Å². The zero-order valence-electron chi connectivity index (χ0n) is 11.2. The van der Waals surface area contributed by atoms with Gasteiger partial charge in [-0.2, -0.15) is 0 Å². The summed E-state index contributed by atoms with van der Waals surface area (Å²) in [5.74, 6) is -0.628. The number of rotatable bonds is 6. The lowest BCUT2D eigenvalue weighted by Gasteiger charge is -2.24. The van der Waals surface area contributed by atoms with Crippen molar-refractivity contribution in [3.63, 3.8) is 0 Å². The van der Waals surface area contributed by atoms with Crippen molar-refractivity contribution < 1.29 is 19.7 Å². The number of carboxylic acids is 1. The summed E-state index contributed by atoms with van der Waals surface area (Å²) in [7, 11) is 3.13. The van der Waals surface area contributed by atoms with Gasteiger partial charge in [-0.05, 0) is 19.5 Å². The van der Waals surface area contributed by atoms with E-state index in [1.807, 2.05) is 0 Å². The van der Waals surface area contributed by atoms with E-state index in [0.29, 0.717) is 17.0 Å². The normalized spacial score (nSPS) is 12.5. The number of phenolic OH excluding ortho intramolecular Hbond substituents is 1. The number of carbonyl (C=O) groups is 1. The van der Waals surface area contributed by atoms with Crippen LogP contribution in [0.3, 0.4) is 0 Å². The van der Waals surface area contributed by atoms with Crippen molar-refractivity contribution in [2.24, 2.45) is 0 Å². The van der Waals surface area contributed by atoms with Gasteiger partial charge in [-0.1, -0.05) is 18.5 Å². The number of carboxylic acid groups (broad SMARTS) is 1. The molecule has 1 aromatic carbocycles. The van der Waals surface area contributed by atoms with Crippen molar-refractivity contribution in [3.05, 3.63) is 22.7 Å². The Morgan fingerprint density at radius 2 is 2.16 bits per heavy atom. The second-order valence-electron chi connectivity index (χ2n) is 4.29. The van der Waals surface area contributed by atoms with Crippen LogP contribution in [0.2, 0.25) is 5.02 Å². The lowest BCUT2D eigenvalue weighted by Crippen LogP contribution is -2.37. The average molecular weight is 288 g/mol. The van der Waals surface area contributed by atoms with Crippen LogP contribution < -0.4 is 4.74 Å². The molecule has 0 saturated carbocycles. The molecular formula is C13H18ClNO4. The third-order valence-corrected chi connectivity index (χ3v) is 3.18. The molecule has 0 radical (unpaired) electrons. The molecule has 0 aliphatic heterocycles. The van der Waals surface area contributed by atoms with Crippen molar-refractivity contribution in [1.82, 2.24) is 4.90 Å². The van der Waals surface area contributed by atoms with Crippen LogP contribution in [0.5, 0.6) is 11.5 Å². The molecule has 0 aromatic heterocycles. The largest absolute Gasteiger partial charge is 0.504 e. The molecule has 0 spiro atoms. The fraction of sp³-hybridized carbons (Fsp3) is 0.462. The number of benzene rings is 1. The lowest BCUT2D eigenvalue weighted by atomic mass is 10.1. The van der Waals surface area contributed by atoms with Gasteiger partial charge >= 0.3 is 5.97 Å². The molecule has 1 atom stereocenters. The van der Waals surface area contributed by atoms with Gasteiger partial charge in [-0.3, -0.25) is 9.69 Å². The van der Waals surface area contributed by atoms with Gasteiger partial charge in [-0.25, -0.2) is 0 Å². The zero-order valence-corrected chi connectivity index (χ0v) is 11.9. The smallest absolute Gasteiger partial charge is 0.320 e. The first-order valence-corrected chi connectivity index (χ1v) is 6.26. The number of phenols is 1. The Kier molecular flexibility index (Phi) is 5.44. The van der Waals surface area contributed by atoms with Gasteiger partial charge in [0.15, 0.2) is 11.5 Å². The molecular weight excluding hydrogens is 270 g/mol. The van der Waals surface area contributed by atoms with E-state index in [4.69, 9.17) is 21.4 Å². The molecule has 1 rings (SSSR count). The highest BCUT2D eigenvalue weighted by atomic mass is 35.5. The molecule has 0 aliphatic rings. The number of methoxy groups -OCH3 is 1. The summed E-state index contributed by atoms with van der Waals surface area (Å²) in [6.45, 7) is 2.07. The summed E-state index contributed by atoms with van der Waals surface area (Å²) in [6, 6.07) is 2.50. The summed E-state index contributed by atoms with van der Waals surface area (Å²) < 4.78 is 5.01. The number of hydrogen-bond acceptors (Lipinski definition) is 4. The Labute approximate surface area is 117 Å². The standard InChI is InChI=1S/C13H18ClNO4/c1-4-10(13(17)18)15(2)7-8-5-9(14)6-11(19-3)12(8)16/h5-6,10,16H,4,7H2,1-3H3,(H,17,18). The highest BCUT2D eigenvalue weighted by molar-refractivity contribution is 6.30. The van der Waals surface area contributed by atoms with Crippen molar-refractivity contribution in [2.75, 3.05) is 14.2 Å². The molecule has 106 valence electrons. The maximum Gasteiger partial charge on any atom is 0.320 e. The van der Waals surface area contributed by atoms with Crippen LogP contribution >= 0.6 is 11.6 Å². The monoisotopic (exact) mass is 287 g/mol. The molecule has 0 amide bonds. The van der Waals surface area contributed by atoms with E-state index in [1.54, 1.807) is 24.9 Å². The SMILES string of the molecule is CCC(C(=O)O)N(C)Cc1cc(Cl)cc(OC)c1O. The fourth-order valence-corrected chi connectivity index (χ4v) is 2.19. The Balaban J connectivity index is 2.99. The number of ether oxygens (including phenoxy) is 1. The predicted molar refractivity (Wildman–Crippen MR) is 72.9 cm³/mol. The Morgan fingerprint density at radius 1 is 1.53 bits per heavy atom. The van der Waals surface area contributed by atoms with Crippen LogP contribution in [0.1, 0.15) is 18.9 Å². The summed E-state index contributed by atoms with van der Waals surface area (Å²) in [5.41, 5.74) is 0.534. The van der Waals surface area contributed by atoms with Crippen molar-refractivity contribution in [2.45, 2.75) is 25.9 Å². The van der Waals surface area contributed by atoms with E-state index in [-0.39, 0.29) is 18.0 Å². The van der Waals surface area contributed by atoms with Crippen LogP contribution in [-0.4, -0.2) is 41.3 Å². The van der Waals surface area contributed by atoms with Crippen molar-refractivity contribution in [1.29, 1.82) is 0 Å². The third-order valence-electron chi connectivity index (χ3n) is 2.96. The van der Waals surface area contributed by atoms with Crippen LogP contribution in [0.25, 0.3) is 0 Å². The Hall–Kier alpha value is -1.46. The van der Waals surface area contributed by atoms with Gasteiger partial charge in [-0.15, -0.1) is 0 Å². The summed E-state index contributed by atoms with van der Waals surface area (Å²) in [6.07, 6.45) is 0.476. The first-order valence-electron chi connectivity index (χ1n) is 5.89. The second-order valence-corrected chi connectivity index (χ2v) is 4.73. The van der Waals surface area contributed by atoms with Gasteiger partial charge in [0.25, 0.3) is 0 Å². The molecule has 19 heavy (non-hydrogen) atoms. The highest BCUT2D eigenvalue weighted by Crippen LogP contribution is 2.34. The van der Waals surface area contributed by atoms with E-state index in [0.717, 1.165) is 0 Å². The van der Waals surface area contributed by atoms with Gasteiger partial charge in [0.1, 0.15) is 6.04 Å². The van der Waals surface area contributed by atoms with E-state index < -0.39 is 12.0 Å². The summed E-state index contributed by atoms with van der Waals surface area (Å²) in [4.78, 5) is 12.7. The minimum atomic E-state index is -0.890. The molecule has 1 unspecified atom stereocenters. The number of likely N-dealkylation sites (N-methyl/N-ethyl adjacent to an activating group) is 1. The molecule has 0 heterocycles. The fourth-order valence-electron chi connectivity index (χ4n) is 1.96. The summed E-state index contributed by atoms with van der Waals surface area (Å²) >= 11 is 5.93. The molecule has 0 bridgehead atoms. The first kappa shape index (κ1) is 15.6. The second kappa shape index (κ2) is 6.63. The third kappa shape index (κ3) is 3.75.